The van der Waals surface area contributed by atoms with Gasteiger partial charge in [-0.2, -0.15) is 0 Å². The number of hydrogen-bond acceptors (Lipinski definition) is 3. The summed E-state index contributed by atoms with van der Waals surface area (Å²) < 4.78 is 5.24. The molecule has 1 heterocycles. The van der Waals surface area contributed by atoms with Crippen LogP contribution in [0.15, 0.2) is 29.0 Å². The molecule has 5 heteroatoms. The molecule has 4 nitrogen and oxygen atoms in total. The van der Waals surface area contributed by atoms with E-state index in [-0.39, 0.29) is 5.91 Å². The van der Waals surface area contributed by atoms with Crippen LogP contribution in [0.1, 0.15) is 12.0 Å². The van der Waals surface area contributed by atoms with Crippen LogP contribution in [0.4, 0.5) is 0 Å². The maximum atomic E-state index is 11.5. The Morgan fingerprint density at radius 3 is 3.11 bits per heavy atom. The smallest absolute Gasteiger partial charge is 0.223 e. The zero-order valence-electron chi connectivity index (χ0n) is 10.2. The van der Waals surface area contributed by atoms with Crippen molar-refractivity contribution >= 4 is 28.6 Å². The fourth-order valence-corrected chi connectivity index (χ4v) is 1.91. The second-order valence-corrected chi connectivity index (χ2v) is 4.54. The van der Waals surface area contributed by atoms with Crippen molar-refractivity contribution < 1.29 is 9.21 Å². The summed E-state index contributed by atoms with van der Waals surface area (Å²) in [5, 5.41) is 0. The van der Waals surface area contributed by atoms with Crippen molar-refractivity contribution in [2.45, 2.75) is 12.8 Å². The molecule has 1 aromatic carbocycles. The number of carbonyl (C=O) groups excluding carboxylic acids is 1. The summed E-state index contributed by atoms with van der Waals surface area (Å²) in [4.78, 5) is 17.3. The number of oxazole rings is 1. The molecule has 1 aromatic heterocycles. The van der Waals surface area contributed by atoms with E-state index in [4.69, 9.17) is 16.0 Å². The molecule has 0 aliphatic rings. The molecule has 0 unspecified atom stereocenters. The minimum absolute atomic E-state index is 0.0748. The second-order valence-electron chi connectivity index (χ2n) is 4.16. The molecule has 2 rings (SSSR count). The Balaban J connectivity index is 1.95. The molecular formula is C13H15ClN2O2. The van der Waals surface area contributed by atoms with Crippen LogP contribution in [-0.4, -0.2) is 35.3 Å². The highest BCUT2D eigenvalue weighted by atomic mass is 35.5. The summed E-state index contributed by atoms with van der Waals surface area (Å²) in [5.74, 6) is 0.443. The number of benzene rings is 1. The molecular weight excluding hydrogens is 252 g/mol. The normalized spacial score (nSPS) is 10.8. The van der Waals surface area contributed by atoms with E-state index >= 15 is 0 Å². The average molecular weight is 267 g/mol. The summed E-state index contributed by atoms with van der Waals surface area (Å²) in [6.45, 7) is 0.676. The Kier molecular flexibility index (Phi) is 4.20. The topological polar surface area (TPSA) is 46.3 Å². The van der Waals surface area contributed by atoms with Crippen LogP contribution in [0.2, 0.25) is 0 Å². The van der Waals surface area contributed by atoms with Gasteiger partial charge in [-0.3, -0.25) is 4.79 Å². The van der Waals surface area contributed by atoms with Gasteiger partial charge in [0, 0.05) is 25.9 Å². The number of halogens is 1. The number of rotatable bonds is 5. The predicted octanol–water partition coefficient (Wildman–Crippen LogP) is 2.46. The quantitative estimate of drug-likeness (QED) is 0.781. The van der Waals surface area contributed by atoms with E-state index in [1.165, 1.54) is 6.39 Å². The highest BCUT2D eigenvalue weighted by molar-refractivity contribution is 6.18. The predicted molar refractivity (Wildman–Crippen MR) is 70.7 cm³/mol. The lowest BCUT2D eigenvalue weighted by atomic mass is 10.1. The first-order chi connectivity index (χ1) is 8.70. The Morgan fingerprint density at radius 2 is 2.33 bits per heavy atom. The molecule has 0 bridgehead atoms. The largest absolute Gasteiger partial charge is 0.443 e. The van der Waals surface area contributed by atoms with Crippen LogP contribution < -0.4 is 0 Å². The Labute approximate surface area is 111 Å². The van der Waals surface area contributed by atoms with Gasteiger partial charge in [0.05, 0.1) is 0 Å². The molecule has 0 atom stereocenters. The van der Waals surface area contributed by atoms with Crippen molar-refractivity contribution in [1.82, 2.24) is 9.88 Å². The van der Waals surface area contributed by atoms with Crippen molar-refractivity contribution in [2.24, 2.45) is 0 Å². The third-order valence-electron chi connectivity index (χ3n) is 2.87. The van der Waals surface area contributed by atoms with Crippen LogP contribution in [0.3, 0.4) is 0 Å². The summed E-state index contributed by atoms with van der Waals surface area (Å²) in [7, 11) is 1.79. The van der Waals surface area contributed by atoms with Crippen LogP contribution in [0.5, 0.6) is 0 Å². The van der Waals surface area contributed by atoms with E-state index in [0.29, 0.717) is 18.8 Å². The third-order valence-corrected chi connectivity index (χ3v) is 3.05. The lowest BCUT2D eigenvalue weighted by molar-refractivity contribution is -0.129. The number of nitrogens with zero attached hydrogens (tertiary/aromatic N) is 2. The first-order valence-electron chi connectivity index (χ1n) is 5.83. The van der Waals surface area contributed by atoms with Crippen molar-refractivity contribution in [1.29, 1.82) is 0 Å². The molecule has 0 aliphatic carbocycles. The number of hydrogen-bond donors (Lipinski definition) is 0. The Hall–Kier alpha value is -1.55. The monoisotopic (exact) mass is 266 g/mol. The molecule has 96 valence electrons. The molecule has 0 fully saturated rings. The van der Waals surface area contributed by atoms with E-state index in [9.17, 15) is 4.79 Å². The molecule has 18 heavy (non-hydrogen) atoms. The molecule has 1 amide bonds. The van der Waals surface area contributed by atoms with Crippen LogP contribution in [-0.2, 0) is 11.2 Å². The van der Waals surface area contributed by atoms with E-state index in [0.717, 1.165) is 23.1 Å². The summed E-state index contributed by atoms with van der Waals surface area (Å²) in [6, 6.07) is 5.89. The van der Waals surface area contributed by atoms with Crippen LogP contribution >= 0.6 is 11.6 Å². The fraction of sp³-hybridized carbons (Fsp3) is 0.385. The van der Waals surface area contributed by atoms with Crippen molar-refractivity contribution in [3.8, 4) is 0 Å². The van der Waals surface area contributed by atoms with Gasteiger partial charge in [-0.25, -0.2) is 4.98 Å². The summed E-state index contributed by atoms with van der Waals surface area (Å²) in [6.07, 6.45) is 2.62. The minimum Gasteiger partial charge on any atom is -0.443 e. The standard InChI is InChI=1S/C13H15ClN2O2/c1-16(13(17)4-6-14)7-5-10-2-3-11-12(8-10)18-9-15-11/h2-3,8-9H,4-7H2,1H3. The van der Waals surface area contributed by atoms with E-state index in [1.54, 1.807) is 11.9 Å². The van der Waals surface area contributed by atoms with Crippen molar-refractivity contribution in [3.63, 3.8) is 0 Å². The third kappa shape index (κ3) is 3.01. The zero-order chi connectivity index (χ0) is 13.0. The Morgan fingerprint density at radius 1 is 1.50 bits per heavy atom. The van der Waals surface area contributed by atoms with Gasteiger partial charge in [0.2, 0.25) is 5.91 Å². The minimum atomic E-state index is 0.0748. The molecule has 2 aromatic rings. The van der Waals surface area contributed by atoms with Gasteiger partial charge in [0.15, 0.2) is 12.0 Å². The number of fused-ring (bicyclic) bond motifs is 1. The van der Waals surface area contributed by atoms with Gasteiger partial charge in [0.25, 0.3) is 0 Å². The molecule has 0 saturated carbocycles. The van der Waals surface area contributed by atoms with Gasteiger partial charge >= 0.3 is 0 Å². The van der Waals surface area contributed by atoms with E-state index in [2.05, 4.69) is 4.98 Å². The molecule has 0 radical (unpaired) electrons. The Bertz CT molecular complexity index is 539. The highest BCUT2D eigenvalue weighted by Crippen LogP contribution is 2.14. The highest BCUT2D eigenvalue weighted by Gasteiger charge is 2.08. The van der Waals surface area contributed by atoms with Gasteiger partial charge < -0.3 is 9.32 Å². The summed E-state index contributed by atoms with van der Waals surface area (Å²) >= 11 is 5.54. The first kappa shape index (κ1) is 12.9. The van der Waals surface area contributed by atoms with E-state index < -0.39 is 0 Å². The SMILES string of the molecule is CN(CCc1ccc2ncoc2c1)C(=O)CCCl. The van der Waals surface area contributed by atoms with Crippen LogP contribution in [0, 0.1) is 0 Å². The number of amides is 1. The summed E-state index contributed by atoms with van der Waals surface area (Å²) in [5.41, 5.74) is 2.76. The maximum Gasteiger partial charge on any atom is 0.223 e. The maximum absolute atomic E-state index is 11.5. The van der Waals surface area contributed by atoms with Crippen molar-refractivity contribution in [3.05, 3.63) is 30.2 Å². The molecule has 0 N–H and O–H groups in total. The van der Waals surface area contributed by atoms with E-state index in [1.807, 2.05) is 18.2 Å². The number of alkyl halides is 1. The molecule has 0 aliphatic heterocycles. The second kappa shape index (κ2) is 5.87. The van der Waals surface area contributed by atoms with Gasteiger partial charge in [0.1, 0.15) is 5.52 Å². The number of likely N-dealkylation sites (N-methyl/N-ethyl adjacent to an activating group) is 1. The lowest BCUT2D eigenvalue weighted by Crippen LogP contribution is -2.28. The number of aromatic nitrogens is 1. The van der Waals surface area contributed by atoms with Crippen LogP contribution in [0.25, 0.3) is 11.1 Å². The molecule has 0 saturated heterocycles. The number of carbonyl (C=O) groups is 1. The van der Waals surface area contributed by atoms with Gasteiger partial charge in [-0.1, -0.05) is 6.07 Å². The van der Waals surface area contributed by atoms with Gasteiger partial charge in [-0.15, -0.1) is 11.6 Å². The first-order valence-corrected chi connectivity index (χ1v) is 6.36. The molecule has 0 spiro atoms. The lowest BCUT2D eigenvalue weighted by Gasteiger charge is -2.16. The zero-order valence-corrected chi connectivity index (χ0v) is 11.0. The van der Waals surface area contributed by atoms with Gasteiger partial charge in [-0.05, 0) is 24.1 Å². The average Bonchev–Trinajstić information content (AvgIpc) is 2.83. The van der Waals surface area contributed by atoms with Crippen molar-refractivity contribution in [2.75, 3.05) is 19.5 Å². The fourth-order valence-electron chi connectivity index (χ4n) is 1.75.